The Bertz CT molecular complexity index is 690. The minimum absolute atomic E-state index is 0.0406. The molecule has 0 aliphatic carbocycles. The number of hydrogen-bond donors (Lipinski definition) is 2. The molecule has 1 aromatic heterocycles. The molecule has 1 atom stereocenters. The van der Waals surface area contributed by atoms with E-state index in [4.69, 9.17) is 4.52 Å². The first-order valence-electron chi connectivity index (χ1n) is 8.55. The Labute approximate surface area is 142 Å². The van der Waals surface area contributed by atoms with Gasteiger partial charge in [0.15, 0.2) is 5.82 Å². The van der Waals surface area contributed by atoms with E-state index < -0.39 is 0 Å². The van der Waals surface area contributed by atoms with Gasteiger partial charge in [0, 0.05) is 31.0 Å². The molecule has 6 nitrogen and oxygen atoms in total. The topological polar surface area (TPSA) is 80.0 Å². The standard InChI is InChI=1S/C18H24N4O2/c1-12(2)17-21-16(24-22-17)8-10-20-18(23)15-6-4-3-5-14(15)13-7-9-19-11-13/h3-6,12-13,19H,7-11H2,1-2H3,(H,20,23)/t13-/m0/s1. The highest BCUT2D eigenvalue weighted by atomic mass is 16.5. The van der Waals surface area contributed by atoms with Crippen LogP contribution in [0.25, 0.3) is 0 Å². The summed E-state index contributed by atoms with van der Waals surface area (Å²) in [6, 6.07) is 7.86. The minimum Gasteiger partial charge on any atom is -0.352 e. The fourth-order valence-corrected chi connectivity index (χ4v) is 2.96. The van der Waals surface area contributed by atoms with E-state index in [2.05, 4.69) is 26.8 Å². The monoisotopic (exact) mass is 328 g/mol. The predicted octanol–water partition coefficient (Wildman–Crippen LogP) is 2.24. The minimum atomic E-state index is -0.0406. The Morgan fingerprint density at radius 1 is 1.42 bits per heavy atom. The lowest BCUT2D eigenvalue weighted by molar-refractivity contribution is 0.0952. The molecule has 0 saturated carbocycles. The number of hydrogen-bond acceptors (Lipinski definition) is 5. The average Bonchev–Trinajstić information content (AvgIpc) is 3.26. The number of carbonyl (C=O) groups is 1. The summed E-state index contributed by atoms with van der Waals surface area (Å²) in [6.07, 6.45) is 1.61. The van der Waals surface area contributed by atoms with Crippen molar-refractivity contribution in [2.75, 3.05) is 19.6 Å². The second-order valence-corrected chi connectivity index (χ2v) is 6.48. The Balaban J connectivity index is 1.59. The molecular weight excluding hydrogens is 304 g/mol. The summed E-state index contributed by atoms with van der Waals surface area (Å²) in [5.41, 5.74) is 1.89. The summed E-state index contributed by atoms with van der Waals surface area (Å²) in [4.78, 5) is 16.9. The van der Waals surface area contributed by atoms with Crippen molar-refractivity contribution < 1.29 is 9.32 Å². The van der Waals surface area contributed by atoms with Crippen LogP contribution >= 0.6 is 0 Å². The van der Waals surface area contributed by atoms with Crippen LogP contribution in [0.4, 0.5) is 0 Å². The van der Waals surface area contributed by atoms with Gasteiger partial charge in [-0.05, 0) is 30.5 Å². The summed E-state index contributed by atoms with van der Waals surface area (Å²) < 4.78 is 5.20. The lowest BCUT2D eigenvalue weighted by Gasteiger charge is -2.14. The third-order valence-corrected chi connectivity index (χ3v) is 4.33. The SMILES string of the molecule is CC(C)c1noc(CCNC(=O)c2ccccc2[C@H]2CCNC2)n1. The van der Waals surface area contributed by atoms with Gasteiger partial charge in [0.05, 0.1) is 0 Å². The first kappa shape index (κ1) is 16.6. The van der Waals surface area contributed by atoms with Crippen LogP contribution in [0.3, 0.4) is 0 Å². The summed E-state index contributed by atoms with van der Waals surface area (Å²) in [6.45, 7) is 6.46. The lowest BCUT2D eigenvalue weighted by Crippen LogP contribution is -2.27. The van der Waals surface area contributed by atoms with Crippen molar-refractivity contribution in [3.63, 3.8) is 0 Å². The summed E-state index contributed by atoms with van der Waals surface area (Å²) >= 11 is 0. The molecule has 6 heteroatoms. The van der Waals surface area contributed by atoms with E-state index in [0.29, 0.717) is 30.6 Å². The number of nitrogens with one attached hydrogen (secondary N) is 2. The van der Waals surface area contributed by atoms with E-state index in [1.54, 1.807) is 0 Å². The van der Waals surface area contributed by atoms with Crippen LogP contribution in [-0.4, -0.2) is 35.7 Å². The van der Waals surface area contributed by atoms with Gasteiger partial charge in [-0.2, -0.15) is 4.98 Å². The molecule has 24 heavy (non-hydrogen) atoms. The highest BCUT2D eigenvalue weighted by Crippen LogP contribution is 2.25. The first-order chi connectivity index (χ1) is 11.6. The van der Waals surface area contributed by atoms with Gasteiger partial charge >= 0.3 is 0 Å². The van der Waals surface area contributed by atoms with Gasteiger partial charge in [-0.1, -0.05) is 37.2 Å². The van der Waals surface area contributed by atoms with Crippen molar-refractivity contribution in [2.24, 2.45) is 0 Å². The molecule has 3 rings (SSSR count). The molecule has 1 saturated heterocycles. The Hall–Kier alpha value is -2.21. The second kappa shape index (κ2) is 7.57. The van der Waals surface area contributed by atoms with E-state index in [0.717, 1.165) is 30.6 Å². The molecule has 0 radical (unpaired) electrons. The summed E-state index contributed by atoms with van der Waals surface area (Å²) in [5, 5.41) is 10.2. The van der Waals surface area contributed by atoms with Crippen LogP contribution in [0.5, 0.6) is 0 Å². The van der Waals surface area contributed by atoms with Gasteiger partial charge in [0.2, 0.25) is 5.89 Å². The van der Waals surface area contributed by atoms with E-state index in [-0.39, 0.29) is 11.8 Å². The fraction of sp³-hybridized carbons (Fsp3) is 0.500. The zero-order valence-corrected chi connectivity index (χ0v) is 14.2. The third kappa shape index (κ3) is 3.82. The van der Waals surface area contributed by atoms with Gasteiger partial charge in [-0.3, -0.25) is 4.79 Å². The van der Waals surface area contributed by atoms with E-state index in [1.807, 2.05) is 32.0 Å². The van der Waals surface area contributed by atoms with Gasteiger partial charge in [-0.25, -0.2) is 0 Å². The number of nitrogens with zero attached hydrogens (tertiary/aromatic N) is 2. The third-order valence-electron chi connectivity index (χ3n) is 4.33. The molecule has 0 bridgehead atoms. The zero-order chi connectivity index (χ0) is 16.9. The quantitative estimate of drug-likeness (QED) is 0.850. The Kier molecular flexibility index (Phi) is 5.25. The number of aromatic nitrogens is 2. The van der Waals surface area contributed by atoms with Crippen LogP contribution < -0.4 is 10.6 Å². The smallest absolute Gasteiger partial charge is 0.251 e. The number of benzene rings is 1. The molecule has 0 unspecified atom stereocenters. The van der Waals surface area contributed by atoms with Crippen molar-refractivity contribution in [3.8, 4) is 0 Å². The Morgan fingerprint density at radius 3 is 2.96 bits per heavy atom. The summed E-state index contributed by atoms with van der Waals surface area (Å²) in [5.74, 6) is 1.88. The number of rotatable bonds is 6. The van der Waals surface area contributed by atoms with Gasteiger partial charge < -0.3 is 15.2 Å². The molecule has 1 fully saturated rings. The second-order valence-electron chi connectivity index (χ2n) is 6.48. The normalized spacial score (nSPS) is 17.4. The summed E-state index contributed by atoms with van der Waals surface area (Å²) in [7, 11) is 0. The highest BCUT2D eigenvalue weighted by molar-refractivity contribution is 5.95. The fourth-order valence-electron chi connectivity index (χ4n) is 2.96. The van der Waals surface area contributed by atoms with Crippen molar-refractivity contribution in [1.29, 1.82) is 0 Å². The molecule has 1 amide bonds. The molecule has 1 aromatic carbocycles. The van der Waals surface area contributed by atoms with Gasteiger partial charge in [0.1, 0.15) is 0 Å². The molecular formula is C18H24N4O2. The van der Waals surface area contributed by atoms with Crippen molar-refractivity contribution in [3.05, 3.63) is 47.1 Å². The average molecular weight is 328 g/mol. The maximum atomic E-state index is 12.5. The largest absolute Gasteiger partial charge is 0.352 e. The zero-order valence-electron chi connectivity index (χ0n) is 14.2. The highest BCUT2D eigenvalue weighted by Gasteiger charge is 2.21. The van der Waals surface area contributed by atoms with Gasteiger partial charge in [-0.15, -0.1) is 0 Å². The van der Waals surface area contributed by atoms with Gasteiger partial charge in [0.25, 0.3) is 5.91 Å². The van der Waals surface area contributed by atoms with Crippen LogP contribution in [0, 0.1) is 0 Å². The van der Waals surface area contributed by atoms with Crippen LogP contribution in [0.2, 0.25) is 0 Å². The molecule has 2 heterocycles. The Morgan fingerprint density at radius 2 is 2.25 bits per heavy atom. The van der Waals surface area contributed by atoms with E-state index in [1.165, 1.54) is 0 Å². The molecule has 1 aliphatic rings. The van der Waals surface area contributed by atoms with Crippen LogP contribution in [0.1, 0.15) is 59.7 Å². The predicted molar refractivity (Wildman–Crippen MR) is 91.1 cm³/mol. The molecule has 2 N–H and O–H groups in total. The van der Waals surface area contributed by atoms with Crippen molar-refractivity contribution >= 4 is 5.91 Å². The molecule has 1 aliphatic heterocycles. The number of carbonyl (C=O) groups excluding carboxylic acids is 1. The number of amides is 1. The molecule has 0 spiro atoms. The first-order valence-corrected chi connectivity index (χ1v) is 8.55. The van der Waals surface area contributed by atoms with Crippen molar-refractivity contribution in [2.45, 2.75) is 38.5 Å². The van der Waals surface area contributed by atoms with Crippen LogP contribution in [-0.2, 0) is 6.42 Å². The van der Waals surface area contributed by atoms with E-state index >= 15 is 0 Å². The molecule has 128 valence electrons. The maximum absolute atomic E-state index is 12.5. The molecule has 2 aromatic rings. The maximum Gasteiger partial charge on any atom is 0.251 e. The van der Waals surface area contributed by atoms with Crippen LogP contribution in [0.15, 0.2) is 28.8 Å². The van der Waals surface area contributed by atoms with E-state index in [9.17, 15) is 4.79 Å². The lowest BCUT2D eigenvalue weighted by atomic mass is 9.93. The van der Waals surface area contributed by atoms with Crippen molar-refractivity contribution in [1.82, 2.24) is 20.8 Å².